The van der Waals surface area contributed by atoms with Crippen molar-refractivity contribution in [1.82, 2.24) is 4.90 Å². The van der Waals surface area contributed by atoms with Crippen LogP contribution >= 0.6 is 22.9 Å². The zero-order valence-electron chi connectivity index (χ0n) is 16.4. The monoisotopic (exact) mass is 431 g/mol. The summed E-state index contributed by atoms with van der Waals surface area (Å²) in [5.74, 6) is 1.66. The Morgan fingerprint density at radius 2 is 1.97 bits per heavy atom. The molecule has 3 aliphatic rings. The van der Waals surface area contributed by atoms with Gasteiger partial charge in [-0.25, -0.2) is 0 Å². The maximum Gasteiger partial charge on any atom is 0.228 e. The summed E-state index contributed by atoms with van der Waals surface area (Å²) in [5, 5.41) is 4.30. The standard InChI is InChI=1S/C22H26ClN3O2S/c23-20-5-6-21(29-20)26-10-8-25(9-11-26)7-1-2-12-28-15-3-4-16-17-14-18(17)22(27)24-19(16)13-15/h3-6,13,17-18H,1-2,7-12,14H2,(H,24,27). The zero-order chi connectivity index (χ0) is 19.8. The summed E-state index contributed by atoms with van der Waals surface area (Å²) in [7, 11) is 0. The first-order chi connectivity index (χ1) is 14.2. The number of carbonyl (C=O) groups excluding carboxylic acids is 1. The van der Waals surface area contributed by atoms with Gasteiger partial charge in [-0.15, -0.1) is 11.3 Å². The fraction of sp³-hybridized carbons (Fsp3) is 0.500. The number of ether oxygens (including phenoxy) is 1. The number of halogens is 1. The Kier molecular flexibility index (Phi) is 5.41. The van der Waals surface area contributed by atoms with Crippen LogP contribution in [0.2, 0.25) is 4.34 Å². The summed E-state index contributed by atoms with van der Waals surface area (Å²) < 4.78 is 6.80. The van der Waals surface area contributed by atoms with E-state index in [0.29, 0.717) is 12.5 Å². The molecule has 1 aromatic carbocycles. The quantitative estimate of drug-likeness (QED) is 0.658. The predicted molar refractivity (Wildman–Crippen MR) is 119 cm³/mol. The Hall–Kier alpha value is -1.76. The number of thiophene rings is 1. The van der Waals surface area contributed by atoms with Gasteiger partial charge in [-0.1, -0.05) is 17.7 Å². The van der Waals surface area contributed by atoms with Crippen LogP contribution in [-0.2, 0) is 4.79 Å². The van der Waals surface area contributed by atoms with Gasteiger partial charge in [-0.3, -0.25) is 9.69 Å². The number of unbranched alkanes of at least 4 members (excludes halogenated alkanes) is 1. The van der Waals surface area contributed by atoms with Crippen LogP contribution in [0.5, 0.6) is 5.75 Å². The number of piperazine rings is 1. The van der Waals surface area contributed by atoms with E-state index in [9.17, 15) is 4.79 Å². The number of rotatable bonds is 7. The van der Waals surface area contributed by atoms with Crippen molar-refractivity contribution in [3.63, 3.8) is 0 Å². The molecular weight excluding hydrogens is 406 g/mol. The van der Waals surface area contributed by atoms with Crippen molar-refractivity contribution < 1.29 is 9.53 Å². The topological polar surface area (TPSA) is 44.8 Å². The van der Waals surface area contributed by atoms with Gasteiger partial charge in [0.05, 0.1) is 15.9 Å². The van der Waals surface area contributed by atoms with E-state index in [2.05, 4.69) is 27.2 Å². The average Bonchev–Trinajstić information content (AvgIpc) is 3.43. The minimum atomic E-state index is 0.168. The van der Waals surface area contributed by atoms with Crippen molar-refractivity contribution in [3.8, 4) is 5.75 Å². The van der Waals surface area contributed by atoms with Gasteiger partial charge in [0.2, 0.25) is 5.91 Å². The third-order valence-electron chi connectivity index (χ3n) is 6.19. The van der Waals surface area contributed by atoms with Crippen LogP contribution in [0.15, 0.2) is 30.3 Å². The number of amides is 1. The molecule has 3 heterocycles. The van der Waals surface area contributed by atoms with Gasteiger partial charge in [-0.2, -0.15) is 0 Å². The smallest absolute Gasteiger partial charge is 0.228 e. The third-order valence-corrected chi connectivity index (χ3v) is 7.48. The summed E-state index contributed by atoms with van der Waals surface area (Å²) in [6.07, 6.45) is 3.17. The van der Waals surface area contributed by atoms with Gasteiger partial charge in [0, 0.05) is 43.9 Å². The minimum absolute atomic E-state index is 0.168. The second-order valence-corrected chi connectivity index (χ2v) is 9.84. The Morgan fingerprint density at radius 1 is 1.10 bits per heavy atom. The van der Waals surface area contributed by atoms with E-state index in [0.717, 1.165) is 67.8 Å². The highest BCUT2D eigenvalue weighted by Crippen LogP contribution is 2.53. The molecule has 0 bridgehead atoms. The molecule has 1 aliphatic carbocycles. The van der Waals surface area contributed by atoms with Gasteiger partial charge in [0.15, 0.2) is 0 Å². The number of anilines is 2. The maximum atomic E-state index is 11.9. The van der Waals surface area contributed by atoms with E-state index in [1.54, 1.807) is 11.3 Å². The molecule has 5 rings (SSSR count). The highest BCUT2D eigenvalue weighted by atomic mass is 35.5. The number of hydrogen-bond acceptors (Lipinski definition) is 5. The minimum Gasteiger partial charge on any atom is -0.494 e. The molecular formula is C22H26ClN3O2S. The number of fused-ring (bicyclic) bond motifs is 3. The molecule has 1 saturated carbocycles. The number of nitrogens with zero attached hydrogens (tertiary/aromatic N) is 2. The lowest BCUT2D eigenvalue weighted by Crippen LogP contribution is -2.46. The second-order valence-electron chi connectivity index (χ2n) is 8.15. The molecule has 1 aromatic heterocycles. The molecule has 7 heteroatoms. The van der Waals surface area contributed by atoms with Crippen molar-refractivity contribution in [2.75, 3.05) is 49.5 Å². The molecule has 2 aromatic rings. The van der Waals surface area contributed by atoms with Crippen LogP contribution in [0, 0.1) is 5.92 Å². The number of nitrogens with one attached hydrogen (secondary N) is 1. The molecule has 0 spiro atoms. The van der Waals surface area contributed by atoms with Crippen molar-refractivity contribution in [2.24, 2.45) is 5.92 Å². The normalized spacial score (nSPS) is 23.3. The van der Waals surface area contributed by atoms with Crippen LogP contribution in [-0.4, -0.2) is 50.1 Å². The number of hydrogen-bond donors (Lipinski definition) is 1. The van der Waals surface area contributed by atoms with Gasteiger partial charge < -0.3 is 15.0 Å². The van der Waals surface area contributed by atoms with Gasteiger partial charge in [0.25, 0.3) is 0 Å². The lowest BCUT2D eigenvalue weighted by atomic mass is 10.0. The van der Waals surface area contributed by atoms with Crippen molar-refractivity contribution in [3.05, 3.63) is 40.2 Å². The molecule has 2 unspecified atom stereocenters. The van der Waals surface area contributed by atoms with Crippen LogP contribution in [0.1, 0.15) is 30.7 Å². The summed E-state index contributed by atoms with van der Waals surface area (Å²) in [6, 6.07) is 10.2. The molecule has 154 valence electrons. The Bertz CT molecular complexity index is 894. The number of benzene rings is 1. The van der Waals surface area contributed by atoms with Crippen LogP contribution in [0.25, 0.3) is 0 Å². The van der Waals surface area contributed by atoms with E-state index < -0.39 is 0 Å². The molecule has 29 heavy (non-hydrogen) atoms. The summed E-state index contributed by atoms with van der Waals surface area (Å²) in [5.41, 5.74) is 2.21. The molecule has 1 N–H and O–H groups in total. The largest absolute Gasteiger partial charge is 0.494 e. The first kappa shape index (κ1) is 19.2. The third kappa shape index (κ3) is 4.25. The summed E-state index contributed by atoms with van der Waals surface area (Å²) >= 11 is 7.71. The Morgan fingerprint density at radius 3 is 2.76 bits per heavy atom. The highest BCUT2D eigenvalue weighted by Gasteiger charge is 2.48. The molecule has 1 saturated heterocycles. The molecule has 5 nitrogen and oxygen atoms in total. The van der Waals surface area contributed by atoms with E-state index in [-0.39, 0.29) is 11.8 Å². The molecule has 1 amide bonds. The zero-order valence-corrected chi connectivity index (χ0v) is 18.0. The van der Waals surface area contributed by atoms with E-state index in [4.69, 9.17) is 16.3 Å². The Balaban J connectivity index is 1.01. The van der Waals surface area contributed by atoms with Crippen molar-refractivity contribution >= 4 is 39.5 Å². The Labute approximate surface area is 180 Å². The summed E-state index contributed by atoms with van der Waals surface area (Å²) in [6.45, 7) is 6.16. The lowest BCUT2D eigenvalue weighted by Gasteiger charge is -2.35. The van der Waals surface area contributed by atoms with E-state index in [1.165, 1.54) is 10.6 Å². The second kappa shape index (κ2) is 8.17. The fourth-order valence-corrected chi connectivity index (χ4v) is 5.49. The number of carbonyl (C=O) groups is 1. The first-order valence-corrected chi connectivity index (χ1v) is 11.7. The van der Waals surface area contributed by atoms with Crippen LogP contribution < -0.4 is 15.0 Å². The molecule has 2 aliphatic heterocycles. The van der Waals surface area contributed by atoms with Gasteiger partial charge in [-0.05, 0) is 55.5 Å². The predicted octanol–water partition coefficient (Wildman–Crippen LogP) is 4.44. The highest BCUT2D eigenvalue weighted by molar-refractivity contribution is 7.19. The van der Waals surface area contributed by atoms with Gasteiger partial charge in [0.1, 0.15) is 5.75 Å². The maximum absolute atomic E-state index is 11.9. The fourth-order valence-electron chi connectivity index (χ4n) is 4.40. The van der Waals surface area contributed by atoms with Crippen LogP contribution in [0.3, 0.4) is 0 Å². The van der Waals surface area contributed by atoms with Crippen molar-refractivity contribution in [2.45, 2.75) is 25.2 Å². The van der Waals surface area contributed by atoms with Crippen LogP contribution in [0.4, 0.5) is 10.7 Å². The van der Waals surface area contributed by atoms with Crippen molar-refractivity contribution in [1.29, 1.82) is 0 Å². The lowest BCUT2D eigenvalue weighted by molar-refractivity contribution is -0.117. The first-order valence-electron chi connectivity index (χ1n) is 10.5. The van der Waals surface area contributed by atoms with E-state index in [1.807, 2.05) is 18.2 Å². The molecule has 2 atom stereocenters. The molecule has 2 fully saturated rings. The van der Waals surface area contributed by atoms with E-state index >= 15 is 0 Å². The van der Waals surface area contributed by atoms with Gasteiger partial charge >= 0.3 is 0 Å². The SMILES string of the molecule is O=C1Nc2cc(OCCCCN3CCN(c4ccc(Cl)s4)CC3)ccc2C2CC12. The molecule has 0 radical (unpaired) electrons. The average molecular weight is 432 g/mol. The summed E-state index contributed by atoms with van der Waals surface area (Å²) in [4.78, 5) is 16.9.